The molecule has 4 bridgehead atoms. The monoisotopic (exact) mass is 450 g/mol. The molecule has 5 aliphatic rings. The van der Waals surface area contributed by atoms with Gasteiger partial charge in [-0.15, -0.1) is 0 Å². The largest absolute Gasteiger partial charge is 0.351 e. The summed E-state index contributed by atoms with van der Waals surface area (Å²) in [5.74, 6) is 2.59. The first-order valence-corrected chi connectivity index (χ1v) is 13.2. The van der Waals surface area contributed by atoms with Crippen molar-refractivity contribution in [2.24, 2.45) is 23.7 Å². The molecule has 1 aromatic rings. The van der Waals surface area contributed by atoms with Crippen molar-refractivity contribution in [2.45, 2.75) is 68.2 Å². The number of carbonyl (C=O) groups is 1. The summed E-state index contributed by atoms with van der Waals surface area (Å²) in [6.07, 6.45) is 9.63. The molecule has 0 spiro atoms. The summed E-state index contributed by atoms with van der Waals surface area (Å²) in [6, 6.07) is 6.33. The molecular weight excluding hydrogens is 420 g/mol. The molecule has 164 valence electrons. The smallest absolute Gasteiger partial charge is 0.243 e. The molecule has 1 unspecified atom stereocenters. The van der Waals surface area contributed by atoms with E-state index in [0.29, 0.717) is 24.5 Å². The standard InChI is InChI=1S/C23H31ClN2O3S/c24-20-3-5-21(6-4-20)30(28,29)26-7-1-2-16(15-26)11-22(27)25-23-12-17-8-18(13-23)10-19(9-17)14-23/h3-6,16-19H,1-2,7-15H2,(H,25,27). The zero-order valence-electron chi connectivity index (χ0n) is 17.4. The van der Waals surface area contributed by atoms with Crippen LogP contribution in [0.3, 0.4) is 0 Å². The van der Waals surface area contributed by atoms with Crippen molar-refractivity contribution in [1.82, 2.24) is 9.62 Å². The first-order chi connectivity index (χ1) is 14.3. The van der Waals surface area contributed by atoms with Crippen LogP contribution in [0.4, 0.5) is 0 Å². The molecule has 1 heterocycles. The second kappa shape index (κ2) is 7.79. The Hall–Kier alpha value is -1.11. The van der Waals surface area contributed by atoms with Crippen molar-refractivity contribution < 1.29 is 13.2 Å². The fourth-order valence-corrected chi connectivity index (χ4v) is 8.72. The van der Waals surface area contributed by atoms with Crippen molar-refractivity contribution >= 4 is 27.5 Å². The molecule has 1 aliphatic heterocycles. The number of hydrogen-bond acceptors (Lipinski definition) is 3. The molecule has 1 saturated heterocycles. The molecule has 0 radical (unpaired) electrons. The van der Waals surface area contributed by atoms with Gasteiger partial charge in [-0.1, -0.05) is 11.6 Å². The van der Waals surface area contributed by atoms with Gasteiger partial charge in [0.05, 0.1) is 4.90 Å². The van der Waals surface area contributed by atoms with Crippen molar-refractivity contribution in [3.8, 4) is 0 Å². The molecule has 5 nitrogen and oxygen atoms in total. The highest BCUT2D eigenvalue weighted by Gasteiger charge is 2.51. The second-order valence-corrected chi connectivity index (χ2v) is 12.6. The van der Waals surface area contributed by atoms with Crippen LogP contribution in [0.1, 0.15) is 57.8 Å². The average Bonchev–Trinajstić information content (AvgIpc) is 2.67. The van der Waals surface area contributed by atoms with Gasteiger partial charge in [-0.3, -0.25) is 4.79 Å². The maximum atomic E-state index is 13.0. The number of piperidine rings is 1. The van der Waals surface area contributed by atoms with Gasteiger partial charge in [0.1, 0.15) is 0 Å². The van der Waals surface area contributed by atoms with E-state index in [4.69, 9.17) is 11.6 Å². The van der Waals surface area contributed by atoms with E-state index in [1.807, 2.05) is 0 Å². The van der Waals surface area contributed by atoms with E-state index in [0.717, 1.165) is 49.9 Å². The van der Waals surface area contributed by atoms with Gasteiger partial charge in [0.15, 0.2) is 0 Å². The molecule has 1 atom stereocenters. The topological polar surface area (TPSA) is 66.5 Å². The number of rotatable bonds is 5. The lowest BCUT2D eigenvalue weighted by molar-refractivity contribution is -0.128. The third kappa shape index (κ3) is 4.03. The van der Waals surface area contributed by atoms with Crippen LogP contribution in [0.15, 0.2) is 29.2 Å². The second-order valence-electron chi connectivity index (χ2n) is 10.3. The molecule has 7 heteroatoms. The van der Waals surface area contributed by atoms with Crippen molar-refractivity contribution in [2.75, 3.05) is 13.1 Å². The number of sulfonamides is 1. The van der Waals surface area contributed by atoms with Crippen LogP contribution in [0.2, 0.25) is 5.02 Å². The van der Waals surface area contributed by atoms with E-state index >= 15 is 0 Å². The van der Waals surface area contributed by atoms with E-state index in [-0.39, 0.29) is 22.3 Å². The highest BCUT2D eigenvalue weighted by Crippen LogP contribution is 2.55. The summed E-state index contributed by atoms with van der Waals surface area (Å²) < 4.78 is 27.6. The zero-order valence-corrected chi connectivity index (χ0v) is 18.9. The number of amides is 1. The SMILES string of the molecule is O=C(CC1CCCN(S(=O)(=O)c2ccc(Cl)cc2)C1)NC12CC3CC(CC(C3)C1)C2. The minimum atomic E-state index is -3.55. The van der Waals surface area contributed by atoms with Crippen LogP contribution in [0, 0.1) is 23.7 Å². The Labute approximate surface area is 184 Å². The van der Waals surface area contributed by atoms with Gasteiger partial charge in [-0.05, 0) is 99.3 Å². The summed E-state index contributed by atoms with van der Waals surface area (Å²) in [5, 5.41) is 3.96. The van der Waals surface area contributed by atoms with E-state index in [2.05, 4.69) is 5.32 Å². The Morgan fingerprint density at radius 2 is 1.67 bits per heavy atom. The molecule has 1 N–H and O–H groups in total. The van der Waals surface area contributed by atoms with Gasteiger partial charge in [0.25, 0.3) is 0 Å². The predicted molar refractivity (Wildman–Crippen MR) is 117 cm³/mol. The molecule has 0 aromatic heterocycles. The minimum Gasteiger partial charge on any atom is -0.351 e. The first-order valence-electron chi connectivity index (χ1n) is 11.4. The van der Waals surface area contributed by atoms with Crippen LogP contribution in [0.5, 0.6) is 0 Å². The fourth-order valence-electron chi connectivity index (χ4n) is 7.04. The summed E-state index contributed by atoms with van der Waals surface area (Å²) in [4.78, 5) is 13.2. The van der Waals surface area contributed by atoms with Crippen molar-refractivity contribution in [3.63, 3.8) is 0 Å². The van der Waals surface area contributed by atoms with Crippen LogP contribution in [-0.4, -0.2) is 37.3 Å². The zero-order chi connectivity index (χ0) is 20.9. The number of nitrogens with zero attached hydrogens (tertiary/aromatic N) is 1. The van der Waals surface area contributed by atoms with Gasteiger partial charge in [-0.2, -0.15) is 4.31 Å². The van der Waals surface area contributed by atoms with Crippen LogP contribution < -0.4 is 5.32 Å². The predicted octanol–water partition coefficient (Wildman–Crippen LogP) is 4.22. The quantitative estimate of drug-likeness (QED) is 0.730. The fraction of sp³-hybridized carbons (Fsp3) is 0.696. The third-order valence-corrected chi connectivity index (χ3v) is 9.98. The van der Waals surface area contributed by atoms with Gasteiger partial charge < -0.3 is 5.32 Å². The van der Waals surface area contributed by atoms with E-state index in [1.165, 1.54) is 19.3 Å². The van der Waals surface area contributed by atoms with Crippen molar-refractivity contribution in [1.29, 1.82) is 0 Å². The molecule has 1 aromatic carbocycles. The minimum absolute atomic E-state index is 0.0234. The highest BCUT2D eigenvalue weighted by atomic mass is 35.5. The summed E-state index contributed by atoms with van der Waals surface area (Å²) in [7, 11) is -3.55. The Kier molecular flexibility index (Phi) is 5.39. The lowest BCUT2D eigenvalue weighted by Gasteiger charge is -2.57. The normalized spacial score (nSPS) is 36.0. The maximum absolute atomic E-state index is 13.0. The number of carbonyl (C=O) groups excluding carboxylic acids is 1. The lowest BCUT2D eigenvalue weighted by Crippen LogP contribution is -2.60. The average molecular weight is 451 g/mol. The number of hydrogen-bond donors (Lipinski definition) is 1. The molecule has 5 fully saturated rings. The van der Waals surface area contributed by atoms with Gasteiger partial charge in [0, 0.05) is 30.1 Å². The van der Waals surface area contributed by atoms with E-state index < -0.39 is 10.0 Å². The van der Waals surface area contributed by atoms with E-state index in [1.54, 1.807) is 28.6 Å². The highest BCUT2D eigenvalue weighted by molar-refractivity contribution is 7.89. The first kappa shape index (κ1) is 20.8. The van der Waals surface area contributed by atoms with Crippen molar-refractivity contribution in [3.05, 3.63) is 29.3 Å². The molecule has 30 heavy (non-hydrogen) atoms. The molecular formula is C23H31ClN2O3S. The van der Waals surface area contributed by atoms with Gasteiger partial charge in [0.2, 0.25) is 15.9 Å². The Bertz CT molecular complexity index is 880. The van der Waals surface area contributed by atoms with E-state index in [9.17, 15) is 13.2 Å². The van der Waals surface area contributed by atoms with Crippen LogP contribution >= 0.6 is 11.6 Å². The third-order valence-electron chi connectivity index (χ3n) is 7.85. The number of nitrogens with one attached hydrogen (secondary N) is 1. The maximum Gasteiger partial charge on any atom is 0.243 e. The summed E-state index contributed by atoms with van der Waals surface area (Å²) in [5.41, 5.74) is 0.0234. The Morgan fingerprint density at radius 3 is 2.27 bits per heavy atom. The Morgan fingerprint density at radius 1 is 1.07 bits per heavy atom. The summed E-state index contributed by atoms with van der Waals surface area (Å²) in [6.45, 7) is 0.928. The van der Waals surface area contributed by atoms with Gasteiger partial charge in [-0.25, -0.2) is 8.42 Å². The Balaban J connectivity index is 1.21. The molecule has 4 saturated carbocycles. The molecule has 6 rings (SSSR count). The van der Waals surface area contributed by atoms with Crippen LogP contribution in [0.25, 0.3) is 0 Å². The molecule has 1 amide bonds. The van der Waals surface area contributed by atoms with Gasteiger partial charge >= 0.3 is 0 Å². The molecule has 4 aliphatic carbocycles. The number of halogens is 1. The number of benzene rings is 1. The lowest BCUT2D eigenvalue weighted by atomic mass is 9.53. The van der Waals surface area contributed by atoms with Crippen LogP contribution in [-0.2, 0) is 14.8 Å². The summed E-state index contributed by atoms with van der Waals surface area (Å²) >= 11 is 5.90.